The van der Waals surface area contributed by atoms with E-state index in [0.29, 0.717) is 5.92 Å². The molecule has 3 rings (SSSR count). The van der Waals surface area contributed by atoms with Gasteiger partial charge in [0.15, 0.2) is 0 Å². The van der Waals surface area contributed by atoms with Crippen molar-refractivity contribution in [3.05, 3.63) is 58.7 Å². The van der Waals surface area contributed by atoms with Gasteiger partial charge in [-0.15, -0.1) is 0 Å². The van der Waals surface area contributed by atoms with E-state index in [9.17, 15) is 0 Å². The van der Waals surface area contributed by atoms with Gasteiger partial charge in [-0.1, -0.05) is 162 Å². The average Bonchev–Trinajstić information content (AvgIpc) is 3.20. The molecule has 1 aliphatic carbocycles. The van der Waals surface area contributed by atoms with Crippen LogP contribution in [0.25, 0.3) is 11.1 Å². The summed E-state index contributed by atoms with van der Waals surface area (Å²) in [6.45, 7) is 16.6. The first-order valence-electron chi connectivity index (χ1n) is 16.6. The van der Waals surface area contributed by atoms with Gasteiger partial charge in [-0.3, -0.25) is 0 Å². The van der Waals surface area contributed by atoms with E-state index in [1.807, 2.05) is 0 Å². The summed E-state index contributed by atoms with van der Waals surface area (Å²) in [6, 6.07) is 15.2. The van der Waals surface area contributed by atoms with Crippen molar-refractivity contribution in [2.75, 3.05) is 0 Å². The molecule has 0 heteroatoms. The molecule has 0 saturated carbocycles. The average molecular weight is 517 g/mol. The monoisotopic (exact) mass is 516 g/mol. The summed E-state index contributed by atoms with van der Waals surface area (Å²) in [4.78, 5) is 0. The van der Waals surface area contributed by atoms with Gasteiger partial charge < -0.3 is 0 Å². The van der Waals surface area contributed by atoms with Crippen LogP contribution in [0, 0.1) is 0 Å². The highest BCUT2D eigenvalue weighted by atomic mass is 14.5. The predicted octanol–water partition coefficient (Wildman–Crippen LogP) is 12.7. The Kier molecular flexibility index (Phi) is 12.0. The number of benzene rings is 2. The maximum Gasteiger partial charge on any atom is 0.0215 e. The summed E-state index contributed by atoms with van der Waals surface area (Å²) in [6.07, 6.45) is 21.5. The highest BCUT2D eigenvalue weighted by molar-refractivity contribution is 5.82. The molecule has 1 aliphatic rings. The zero-order chi connectivity index (χ0) is 27.6. The van der Waals surface area contributed by atoms with E-state index in [-0.39, 0.29) is 10.8 Å². The lowest BCUT2D eigenvalue weighted by atomic mass is 9.69. The molecule has 0 fully saturated rings. The molecule has 0 bridgehead atoms. The standard InChI is InChI=1S/C38H60/c1-8-12-14-16-18-20-26-38(27-21-19-17-15-13-9-2)35-28-31(30(5)10-3)22-24-33(35)34-25-23-32(29-36(34)38)37(6,7)11-4/h22-25,28-30H,8-21,26-27H2,1-7H3. The molecule has 0 aliphatic heterocycles. The Labute approximate surface area is 237 Å². The second-order valence-electron chi connectivity index (χ2n) is 13.2. The molecule has 0 spiro atoms. The SMILES string of the molecule is CCCCCCCCC1(CCCCCCCC)c2cc(C(C)CC)ccc2-c2ccc(C(C)(C)CC)cc21. The van der Waals surface area contributed by atoms with E-state index >= 15 is 0 Å². The van der Waals surface area contributed by atoms with Crippen LogP contribution in [-0.2, 0) is 10.8 Å². The van der Waals surface area contributed by atoms with E-state index in [1.54, 1.807) is 16.7 Å². The molecular formula is C38H60. The summed E-state index contributed by atoms with van der Waals surface area (Å²) in [5, 5.41) is 0. The van der Waals surface area contributed by atoms with E-state index < -0.39 is 0 Å². The Hall–Kier alpha value is -1.56. The minimum atomic E-state index is 0.184. The fourth-order valence-electron chi connectivity index (χ4n) is 6.76. The van der Waals surface area contributed by atoms with Crippen LogP contribution in [0.1, 0.15) is 179 Å². The van der Waals surface area contributed by atoms with Gasteiger partial charge in [0.25, 0.3) is 0 Å². The van der Waals surface area contributed by atoms with Crippen molar-refractivity contribution < 1.29 is 0 Å². The Morgan fingerprint density at radius 2 is 1.13 bits per heavy atom. The molecule has 0 radical (unpaired) electrons. The molecule has 0 heterocycles. The number of hydrogen-bond acceptors (Lipinski definition) is 0. The predicted molar refractivity (Wildman–Crippen MR) is 171 cm³/mol. The van der Waals surface area contributed by atoms with Crippen LogP contribution >= 0.6 is 0 Å². The van der Waals surface area contributed by atoms with Gasteiger partial charge >= 0.3 is 0 Å². The van der Waals surface area contributed by atoms with Gasteiger partial charge in [-0.05, 0) is 70.4 Å². The van der Waals surface area contributed by atoms with E-state index in [2.05, 4.69) is 84.9 Å². The molecule has 0 N–H and O–H groups in total. The van der Waals surface area contributed by atoms with Crippen molar-refractivity contribution in [2.45, 2.75) is 168 Å². The second-order valence-corrected chi connectivity index (χ2v) is 13.2. The van der Waals surface area contributed by atoms with Gasteiger partial charge in [-0.25, -0.2) is 0 Å². The first-order valence-corrected chi connectivity index (χ1v) is 16.6. The molecule has 0 aromatic heterocycles. The lowest BCUT2D eigenvalue weighted by Gasteiger charge is -2.34. The van der Waals surface area contributed by atoms with Crippen molar-refractivity contribution in [3.8, 4) is 11.1 Å². The van der Waals surface area contributed by atoms with Gasteiger partial charge in [0.05, 0.1) is 0 Å². The molecule has 0 saturated heterocycles. The molecule has 2 aromatic rings. The molecule has 2 aromatic carbocycles. The molecule has 1 atom stereocenters. The van der Waals surface area contributed by atoms with Crippen molar-refractivity contribution in [1.82, 2.24) is 0 Å². The van der Waals surface area contributed by atoms with Crippen LogP contribution in [0.2, 0.25) is 0 Å². The van der Waals surface area contributed by atoms with Crippen molar-refractivity contribution in [3.63, 3.8) is 0 Å². The third kappa shape index (κ3) is 7.14. The van der Waals surface area contributed by atoms with Gasteiger partial charge in [0, 0.05) is 5.41 Å². The number of hydrogen-bond donors (Lipinski definition) is 0. The van der Waals surface area contributed by atoms with Crippen LogP contribution in [0.15, 0.2) is 36.4 Å². The van der Waals surface area contributed by atoms with Crippen LogP contribution in [0.3, 0.4) is 0 Å². The third-order valence-corrected chi connectivity index (χ3v) is 10.1. The quantitative estimate of drug-likeness (QED) is 0.173. The first kappa shape index (κ1) is 31.0. The van der Waals surface area contributed by atoms with Gasteiger partial charge in [0.2, 0.25) is 0 Å². The van der Waals surface area contributed by atoms with Crippen LogP contribution in [0.4, 0.5) is 0 Å². The summed E-state index contributed by atoms with van der Waals surface area (Å²) in [5.41, 5.74) is 9.87. The number of fused-ring (bicyclic) bond motifs is 3. The van der Waals surface area contributed by atoms with Crippen molar-refractivity contribution in [2.24, 2.45) is 0 Å². The Balaban J connectivity index is 2.04. The zero-order valence-corrected chi connectivity index (χ0v) is 26.4. The van der Waals surface area contributed by atoms with E-state index in [4.69, 9.17) is 0 Å². The van der Waals surface area contributed by atoms with Gasteiger partial charge in [-0.2, -0.15) is 0 Å². The normalized spacial score (nSPS) is 14.9. The maximum absolute atomic E-state index is 2.66. The zero-order valence-electron chi connectivity index (χ0n) is 26.4. The third-order valence-electron chi connectivity index (χ3n) is 10.1. The second kappa shape index (κ2) is 14.7. The van der Waals surface area contributed by atoms with Crippen molar-refractivity contribution in [1.29, 1.82) is 0 Å². The molecule has 212 valence electrons. The fraction of sp³-hybridized carbons (Fsp3) is 0.684. The molecule has 0 amide bonds. The number of rotatable bonds is 18. The van der Waals surface area contributed by atoms with E-state index in [1.165, 1.54) is 119 Å². The summed E-state index contributed by atoms with van der Waals surface area (Å²) >= 11 is 0. The Morgan fingerprint density at radius 1 is 0.632 bits per heavy atom. The van der Waals surface area contributed by atoms with E-state index in [0.717, 1.165) is 0 Å². The highest BCUT2D eigenvalue weighted by Gasteiger charge is 2.43. The van der Waals surface area contributed by atoms with Crippen molar-refractivity contribution >= 4 is 0 Å². The Bertz CT molecular complexity index is 962. The summed E-state index contributed by atoms with van der Waals surface area (Å²) < 4.78 is 0. The summed E-state index contributed by atoms with van der Waals surface area (Å²) in [5.74, 6) is 0.624. The highest BCUT2D eigenvalue weighted by Crippen LogP contribution is 2.55. The fourth-order valence-corrected chi connectivity index (χ4v) is 6.76. The number of unbranched alkanes of at least 4 members (excludes halogenated alkanes) is 10. The maximum atomic E-state index is 2.66. The van der Waals surface area contributed by atoms with Gasteiger partial charge in [0.1, 0.15) is 0 Å². The van der Waals surface area contributed by atoms with Crippen LogP contribution in [-0.4, -0.2) is 0 Å². The minimum Gasteiger partial charge on any atom is -0.0654 e. The molecule has 0 nitrogen and oxygen atoms in total. The van der Waals surface area contributed by atoms with Crippen LogP contribution < -0.4 is 0 Å². The lowest BCUT2D eigenvalue weighted by molar-refractivity contribution is 0.396. The van der Waals surface area contributed by atoms with Crippen LogP contribution in [0.5, 0.6) is 0 Å². The first-order chi connectivity index (χ1) is 18.3. The Morgan fingerprint density at radius 3 is 1.66 bits per heavy atom. The molecule has 38 heavy (non-hydrogen) atoms. The lowest BCUT2D eigenvalue weighted by Crippen LogP contribution is -2.27. The summed E-state index contributed by atoms with van der Waals surface area (Å²) in [7, 11) is 0. The minimum absolute atomic E-state index is 0.184. The topological polar surface area (TPSA) is 0 Å². The molecule has 1 unspecified atom stereocenters. The molecular weight excluding hydrogens is 456 g/mol. The smallest absolute Gasteiger partial charge is 0.0215 e. The largest absolute Gasteiger partial charge is 0.0654 e.